The SMILES string of the molecule is COc1ccc(OCCOC(=O)/C(=C/c2ccccc2)n2nnnc2C)cc1. The fourth-order valence-electron chi connectivity index (χ4n) is 2.41. The minimum atomic E-state index is -0.544. The molecule has 0 bridgehead atoms. The number of carbonyl (C=O) groups is 1. The van der Waals surface area contributed by atoms with E-state index in [2.05, 4.69) is 15.5 Å². The zero-order chi connectivity index (χ0) is 19.8. The summed E-state index contributed by atoms with van der Waals surface area (Å²) in [4.78, 5) is 12.6. The molecule has 0 atom stereocenters. The molecule has 0 fully saturated rings. The maximum absolute atomic E-state index is 12.6. The Labute approximate surface area is 162 Å². The van der Waals surface area contributed by atoms with Crippen LogP contribution in [0.2, 0.25) is 0 Å². The number of hydrogen-bond acceptors (Lipinski definition) is 7. The first kappa shape index (κ1) is 19.1. The van der Waals surface area contributed by atoms with Gasteiger partial charge in [0, 0.05) is 0 Å². The molecule has 0 amide bonds. The molecule has 0 saturated carbocycles. The lowest BCUT2D eigenvalue weighted by Gasteiger charge is -2.10. The quantitative estimate of drug-likeness (QED) is 0.337. The van der Waals surface area contributed by atoms with Crippen LogP contribution in [0.1, 0.15) is 11.4 Å². The second-order valence-corrected chi connectivity index (χ2v) is 5.74. The van der Waals surface area contributed by atoms with E-state index in [0.717, 1.165) is 11.3 Å². The molecule has 0 aliphatic heterocycles. The smallest absolute Gasteiger partial charge is 0.357 e. The van der Waals surface area contributed by atoms with E-state index < -0.39 is 5.97 Å². The van der Waals surface area contributed by atoms with E-state index in [1.165, 1.54) is 4.68 Å². The summed E-state index contributed by atoms with van der Waals surface area (Å²) in [6.45, 7) is 2.00. The van der Waals surface area contributed by atoms with Crippen LogP contribution in [0.3, 0.4) is 0 Å². The number of nitrogens with zero attached hydrogens (tertiary/aromatic N) is 4. The van der Waals surface area contributed by atoms with Gasteiger partial charge in [-0.15, -0.1) is 5.10 Å². The molecule has 3 rings (SSSR count). The summed E-state index contributed by atoms with van der Waals surface area (Å²) in [6.07, 6.45) is 1.68. The Bertz CT molecular complexity index is 936. The molecule has 0 unspecified atom stereocenters. The molecule has 0 spiro atoms. The van der Waals surface area contributed by atoms with Gasteiger partial charge in [-0.3, -0.25) is 0 Å². The highest BCUT2D eigenvalue weighted by molar-refractivity contribution is 6.15. The molecule has 1 heterocycles. The molecule has 0 aliphatic rings. The molecular formula is C20H20N4O4. The molecule has 0 N–H and O–H groups in total. The summed E-state index contributed by atoms with van der Waals surface area (Å²) >= 11 is 0. The lowest BCUT2D eigenvalue weighted by atomic mass is 10.2. The third-order valence-corrected chi connectivity index (χ3v) is 3.81. The van der Waals surface area contributed by atoms with Crippen molar-refractivity contribution in [3.63, 3.8) is 0 Å². The van der Waals surface area contributed by atoms with Gasteiger partial charge >= 0.3 is 5.97 Å². The van der Waals surface area contributed by atoms with Crippen LogP contribution >= 0.6 is 0 Å². The van der Waals surface area contributed by atoms with Crippen molar-refractivity contribution in [1.29, 1.82) is 0 Å². The number of methoxy groups -OCH3 is 1. The maximum Gasteiger partial charge on any atom is 0.357 e. The number of aromatic nitrogens is 4. The van der Waals surface area contributed by atoms with Crippen LogP contribution in [0, 0.1) is 6.92 Å². The van der Waals surface area contributed by atoms with Crippen LogP contribution in [0.5, 0.6) is 11.5 Å². The van der Waals surface area contributed by atoms with Crippen molar-refractivity contribution >= 4 is 17.7 Å². The van der Waals surface area contributed by atoms with Crippen LogP contribution in [0.4, 0.5) is 0 Å². The van der Waals surface area contributed by atoms with Crippen molar-refractivity contribution in [3.8, 4) is 11.5 Å². The number of rotatable bonds is 8. The van der Waals surface area contributed by atoms with Crippen molar-refractivity contribution in [1.82, 2.24) is 20.2 Å². The summed E-state index contributed by atoms with van der Waals surface area (Å²) in [5.74, 6) is 1.34. The van der Waals surface area contributed by atoms with Crippen molar-refractivity contribution in [2.24, 2.45) is 0 Å². The first-order chi connectivity index (χ1) is 13.7. The number of esters is 1. The molecule has 8 nitrogen and oxygen atoms in total. The number of carbonyl (C=O) groups excluding carboxylic acids is 1. The lowest BCUT2D eigenvalue weighted by Crippen LogP contribution is -2.18. The zero-order valence-electron chi connectivity index (χ0n) is 15.6. The average Bonchev–Trinajstić information content (AvgIpc) is 3.16. The van der Waals surface area contributed by atoms with Gasteiger partial charge in [0.1, 0.15) is 24.7 Å². The molecular weight excluding hydrogens is 360 g/mol. The lowest BCUT2D eigenvalue weighted by molar-refractivity contribution is -0.137. The van der Waals surface area contributed by atoms with Gasteiger partial charge < -0.3 is 14.2 Å². The Morgan fingerprint density at radius 1 is 1.04 bits per heavy atom. The predicted octanol–water partition coefficient (Wildman–Crippen LogP) is 2.61. The summed E-state index contributed by atoms with van der Waals surface area (Å²) in [6, 6.07) is 16.6. The van der Waals surface area contributed by atoms with Crippen LogP contribution in [-0.2, 0) is 9.53 Å². The molecule has 0 saturated heterocycles. The number of benzene rings is 2. The molecule has 1 aromatic heterocycles. The molecule has 2 aromatic carbocycles. The fourth-order valence-corrected chi connectivity index (χ4v) is 2.41. The molecule has 144 valence electrons. The summed E-state index contributed by atoms with van der Waals surface area (Å²) < 4.78 is 17.4. The van der Waals surface area contributed by atoms with Crippen LogP contribution in [0.15, 0.2) is 54.6 Å². The van der Waals surface area contributed by atoms with Crippen LogP contribution in [0.25, 0.3) is 11.8 Å². The largest absolute Gasteiger partial charge is 0.497 e. The van der Waals surface area contributed by atoms with Crippen molar-refractivity contribution in [3.05, 3.63) is 66.0 Å². The summed E-state index contributed by atoms with van der Waals surface area (Å²) in [7, 11) is 1.60. The van der Waals surface area contributed by atoms with Crippen molar-refractivity contribution in [2.75, 3.05) is 20.3 Å². The van der Waals surface area contributed by atoms with E-state index in [1.807, 2.05) is 30.3 Å². The molecule has 0 radical (unpaired) electrons. The van der Waals surface area contributed by atoms with E-state index in [-0.39, 0.29) is 18.9 Å². The Morgan fingerprint density at radius 3 is 2.39 bits per heavy atom. The minimum absolute atomic E-state index is 0.0815. The van der Waals surface area contributed by atoms with Gasteiger partial charge in [-0.1, -0.05) is 30.3 Å². The Kier molecular flexibility index (Phi) is 6.35. The molecule has 3 aromatic rings. The van der Waals surface area contributed by atoms with Crippen molar-refractivity contribution < 1.29 is 19.0 Å². The second-order valence-electron chi connectivity index (χ2n) is 5.74. The Hall–Kier alpha value is -3.68. The Balaban J connectivity index is 1.63. The minimum Gasteiger partial charge on any atom is -0.497 e. The van der Waals surface area contributed by atoms with Gasteiger partial charge in [0.05, 0.1) is 7.11 Å². The highest BCUT2D eigenvalue weighted by Gasteiger charge is 2.17. The van der Waals surface area contributed by atoms with Gasteiger partial charge in [-0.25, -0.2) is 4.79 Å². The normalized spacial score (nSPS) is 11.1. The van der Waals surface area contributed by atoms with Crippen LogP contribution < -0.4 is 9.47 Å². The number of aryl methyl sites for hydroxylation is 1. The number of ether oxygens (including phenoxy) is 3. The highest BCUT2D eigenvalue weighted by atomic mass is 16.6. The Morgan fingerprint density at radius 2 is 1.75 bits per heavy atom. The monoisotopic (exact) mass is 380 g/mol. The van der Waals surface area contributed by atoms with Gasteiger partial charge in [0.15, 0.2) is 11.5 Å². The maximum atomic E-state index is 12.6. The van der Waals surface area contributed by atoms with Gasteiger partial charge in [0.25, 0.3) is 0 Å². The van der Waals surface area contributed by atoms with E-state index in [1.54, 1.807) is 44.4 Å². The predicted molar refractivity (Wildman–Crippen MR) is 103 cm³/mol. The van der Waals surface area contributed by atoms with Crippen molar-refractivity contribution in [2.45, 2.75) is 6.92 Å². The summed E-state index contributed by atoms with van der Waals surface area (Å²) in [5.41, 5.74) is 1.05. The molecule has 28 heavy (non-hydrogen) atoms. The molecule has 0 aliphatic carbocycles. The second kappa shape index (κ2) is 9.31. The fraction of sp³-hybridized carbons (Fsp3) is 0.200. The summed E-state index contributed by atoms with van der Waals surface area (Å²) in [5, 5.41) is 11.3. The van der Waals surface area contributed by atoms with Crippen LogP contribution in [-0.4, -0.2) is 46.5 Å². The topological polar surface area (TPSA) is 88.4 Å². The number of hydrogen-bond donors (Lipinski definition) is 0. The average molecular weight is 380 g/mol. The highest BCUT2D eigenvalue weighted by Crippen LogP contribution is 2.17. The van der Waals surface area contributed by atoms with Gasteiger partial charge in [-0.2, -0.15) is 4.68 Å². The zero-order valence-corrected chi connectivity index (χ0v) is 15.6. The van der Waals surface area contributed by atoms with E-state index in [0.29, 0.717) is 11.6 Å². The van der Waals surface area contributed by atoms with E-state index >= 15 is 0 Å². The number of tetrazole rings is 1. The van der Waals surface area contributed by atoms with Gasteiger partial charge in [-0.05, 0) is 53.3 Å². The third kappa shape index (κ3) is 4.94. The standard InChI is InChI=1S/C20H20N4O4/c1-15-21-22-23-24(15)19(14-16-6-4-3-5-7-16)20(25)28-13-12-27-18-10-8-17(26-2)9-11-18/h3-11,14H,12-13H2,1-2H3/b19-14-. The van der Waals surface area contributed by atoms with E-state index in [4.69, 9.17) is 14.2 Å². The van der Waals surface area contributed by atoms with Gasteiger partial charge in [0.2, 0.25) is 0 Å². The third-order valence-electron chi connectivity index (χ3n) is 3.81. The molecule has 8 heteroatoms. The first-order valence-corrected chi connectivity index (χ1v) is 8.63. The van der Waals surface area contributed by atoms with E-state index in [9.17, 15) is 4.79 Å². The first-order valence-electron chi connectivity index (χ1n) is 8.63.